The molecule has 2 rings (SSSR count). The first-order chi connectivity index (χ1) is 9.34. The molecule has 2 saturated carbocycles. The smallest absolute Gasteiger partial charge is 0.188 e. The van der Waals surface area contributed by atoms with Gasteiger partial charge < -0.3 is 15.8 Å². The first kappa shape index (κ1) is 14.6. The van der Waals surface area contributed by atoms with Gasteiger partial charge in [-0.15, -0.1) is 0 Å². The van der Waals surface area contributed by atoms with E-state index in [4.69, 9.17) is 10.5 Å². The SMILES string of the molecule is NC(=NCCOC1CCCCC1)NC1CCCCC1. The van der Waals surface area contributed by atoms with Crippen LogP contribution in [0.1, 0.15) is 64.2 Å². The van der Waals surface area contributed by atoms with Crippen LogP contribution in [0.15, 0.2) is 4.99 Å². The first-order valence-corrected chi connectivity index (χ1v) is 8.02. The minimum Gasteiger partial charge on any atom is -0.376 e. The molecule has 0 aromatic heterocycles. The fourth-order valence-electron chi connectivity index (χ4n) is 3.12. The Labute approximate surface area is 117 Å². The van der Waals surface area contributed by atoms with Crippen LogP contribution in [0, 0.1) is 0 Å². The fourth-order valence-corrected chi connectivity index (χ4v) is 3.12. The van der Waals surface area contributed by atoms with E-state index in [0.29, 0.717) is 31.3 Å². The van der Waals surface area contributed by atoms with Crippen molar-refractivity contribution in [2.75, 3.05) is 13.2 Å². The van der Waals surface area contributed by atoms with E-state index >= 15 is 0 Å². The molecule has 2 fully saturated rings. The maximum atomic E-state index is 5.91. The van der Waals surface area contributed by atoms with Crippen molar-refractivity contribution in [2.45, 2.75) is 76.4 Å². The second-order valence-corrected chi connectivity index (χ2v) is 5.88. The van der Waals surface area contributed by atoms with E-state index in [1.807, 2.05) is 0 Å². The number of hydrogen-bond acceptors (Lipinski definition) is 2. The Morgan fingerprint density at radius 3 is 2.32 bits per heavy atom. The largest absolute Gasteiger partial charge is 0.376 e. The number of guanidine groups is 1. The van der Waals surface area contributed by atoms with E-state index in [9.17, 15) is 0 Å². The summed E-state index contributed by atoms with van der Waals surface area (Å²) in [5.74, 6) is 0.596. The highest BCUT2D eigenvalue weighted by atomic mass is 16.5. The van der Waals surface area contributed by atoms with Crippen molar-refractivity contribution in [3.63, 3.8) is 0 Å². The maximum absolute atomic E-state index is 5.91. The Morgan fingerprint density at radius 1 is 1.00 bits per heavy atom. The summed E-state index contributed by atoms with van der Waals surface area (Å²) in [6.07, 6.45) is 13.4. The zero-order valence-electron chi connectivity index (χ0n) is 12.1. The van der Waals surface area contributed by atoms with Crippen molar-refractivity contribution >= 4 is 5.96 Å². The number of hydrogen-bond donors (Lipinski definition) is 2. The average Bonchev–Trinajstić information content (AvgIpc) is 2.46. The van der Waals surface area contributed by atoms with Crippen molar-refractivity contribution in [3.8, 4) is 0 Å². The van der Waals surface area contributed by atoms with Gasteiger partial charge in [0, 0.05) is 6.04 Å². The van der Waals surface area contributed by atoms with E-state index in [1.165, 1.54) is 64.2 Å². The minimum absolute atomic E-state index is 0.469. The molecule has 0 unspecified atom stereocenters. The minimum atomic E-state index is 0.469. The zero-order valence-corrected chi connectivity index (χ0v) is 12.1. The lowest BCUT2D eigenvalue weighted by atomic mass is 9.96. The quantitative estimate of drug-likeness (QED) is 0.457. The van der Waals surface area contributed by atoms with Gasteiger partial charge in [-0.05, 0) is 25.7 Å². The van der Waals surface area contributed by atoms with Gasteiger partial charge in [0.05, 0.1) is 19.3 Å². The average molecular weight is 267 g/mol. The molecule has 0 spiro atoms. The van der Waals surface area contributed by atoms with Crippen LogP contribution in [-0.4, -0.2) is 31.3 Å². The van der Waals surface area contributed by atoms with E-state index < -0.39 is 0 Å². The number of nitrogens with zero attached hydrogens (tertiary/aromatic N) is 1. The Bertz CT molecular complexity index is 269. The van der Waals surface area contributed by atoms with Crippen molar-refractivity contribution in [1.29, 1.82) is 0 Å². The molecule has 3 N–H and O–H groups in total. The number of ether oxygens (including phenoxy) is 1. The van der Waals surface area contributed by atoms with E-state index in [1.54, 1.807) is 0 Å². The number of nitrogens with one attached hydrogen (secondary N) is 1. The van der Waals surface area contributed by atoms with Gasteiger partial charge >= 0.3 is 0 Å². The molecule has 2 aliphatic rings. The highest BCUT2D eigenvalue weighted by molar-refractivity contribution is 5.78. The summed E-state index contributed by atoms with van der Waals surface area (Å²) in [4.78, 5) is 4.36. The molecule has 0 saturated heterocycles. The Kier molecular flexibility index (Phi) is 6.48. The van der Waals surface area contributed by atoms with Gasteiger partial charge in [-0.1, -0.05) is 38.5 Å². The molecule has 4 nitrogen and oxygen atoms in total. The summed E-state index contributed by atoms with van der Waals surface area (Å²) in [7, 11) is 0. The molecule has 0 bridgehead atoms. The molecular formula is C15H29N3O. The van der Waals surface area contributed by atoms with Crippen LogP contribution in [0.2, 0.25) is 0 Å². The molecule has 0 aromatic carbocycles. The molecule has 0 aromatic rings. The summed E-state index contributed by atoms with van der Waals surface area (Å²) < 4.78 is 5.83. The third-order valence-corrected chi connectivity index (χ3v) is 4.24. The lowest BCUT2D eigenvalue weighted by molar-refractivity contribution is 0.0334. The van der Waals surface area contributed by atoms with E-state index in [0.717, 1.165) is 0 Å². The Balaban J connectivity index is 1.55. The summed E-state index contributed by atoms with van der Waals surface area (Å²) in [5, 5.41) is 3.33. The van der Waals surface area contributed by atoms with Gasteiger partial charge in [0.25, 0.3) is 0 Å². The third kappa shape index (κ3) is 5.81. The lowest BCUT2D eigenvalue weighted by Crippen LogP contribution is -2.41. The number of aliphatic imine (C=N–C) groups is 1. The molecular weight excluding hydrogens is 238 g/mol. The van der Waals surface area contributed by atoms with Gasteiger partial charge in [0.2, 0.25) is 0 Å². The standard InChI is InChI=1S/C15H29N3O/c16-15(18-13-7-3-1-4-8-13)17-11-12-19-14-9-5-2-6-10-14/h13-14H,1-12H2,(H3,16,17,18). The van der Waals surface area contributed by atoms with Crippen molar-refractivity contribution in [3.05, 3.63) is 0 Å². The molecule has 4 heteroatoms. The molecule has 19 heavy (non-hydrogen) atoms. The van der Waals surface area contributed by atoms with Crippen molar-refractivity contribution in [1.82, 2.24) is 5.32 Å². The van der Waals surface area contributed by atoms with Crippen LogP contribution < -0.4 is 11.1 Å². The molecule has 0 aliphatic heterocycles. The van der Waals surface area contributed by atoms with Gasteiger partial charge in [0.15, 0.2) is 5.96 Å². The molecule has 0 amide bonds. The third-order valence-electron chi connectivity index (χ3n) is 4.24. The van der Waals surface area contributed by atoms with Crippen LogP contribution in [0.25, 0.3) is 0 Å². The summed E-state index contributed by atoms with van der Waals surface area (Å²) in [6.45, 7) is 1.39. The Hall–Kier alpha value is -0.770. The zero-order chi connectivity index (χ0) is 13.3. The van der Waals surface area contributed by atoms with E-state index in [2.05, 4.69) is 10.3 Å². The number of nitrogens with two attached hydrogens (primary N) is 1. The molecule has 2 aliphatic carbocycles. The van der Waals surface area contributed by atoms with Crippen LogP contribution in [0.4, 0.5) is 0 Å². The van der Waals surface area contributed by atoms with Crippen LogP contribution >= 0.6 is 0 Å². The number of rotatable bonds is 5. The van der Waals surface area contributed by atoms with Gasteiger partial charge in [-0.3, -0.25) is 4.99 Å². The highest BCUT2D eigenvalue weighted by Gasteiger charge is 2.14. The van der Waals surface area contributed by atoms with Gasteiger partial charge in [-0.2, -0.15) is 0 Å². The topological polar surface area (TPSA) is 59.6 Å². The normalized spacial score (nSPS) is 23.5. The molecule has 0 atom stereocenters. The summed E-state index contributed by atoms with van der Waals surface area (Å²) in [5.41, 5.74) is 5.91. The van der Waals surface area contributed by atoms with Crippen LogP contribution in [0.3, 0.4) is 0 Å². The summed E-state index contributed by atoms with van der Waals surface area (Å²) >= 11 is 0. The van der Waals surface area contributed by atoms with Crippen LogP contribution in [0.5, 0.6) is 0 Å². The Morgan fingerprint density at radius 2 is 1.63 bits per heavy atom. The molecule has 110 valence electrons. The second kappa shape index (κ2) is 8.41. The molecule has 0 radical (unpaired) electrons. The fraction of sp³-hybridized carbons (Fsp3) is 0.933. The predicted octanol–water partition coefficient (Wildman–Crippen LogP) is 2.57. The van der Waals surface area contributed by atoms with Crippen LogP contribution in [-0.2, 0) is 4.74 Å². The van der Waals surface area contributed by atoms with E-state index in [-0.39, 0.29) is 0 Å². The maximum Gasteiger partial charge on any atom is 0.188 e. The second-order valence-electron chi connectivity index (χ2n) is 5.88. The monoisotopic (exact) mass is 267 g/mol. The highest BCUT2D eigenvalue weighted by Crippen LogP contribution is 2.20. The van der Waals surface area contributed by atoms with Crippen molar-refractivity contribution < 1.29 is 4.74 Å². The van der Waals surface area contributed by atoms with Crippen molar-refractivity contribution in [2.24, 2.45) is 10.7 Å². The summed E-state index contributed by atoms with van der Waals surface area (Å²) in [6, 6.07) is 0.539. The van der Waals surface area contributed by atoms with Gasteiger partial charge in [0.1, 0.15) is 0 Å². The van der Waals surface area contributed by atoms with Gasteiger partial charge in [-0.25, -0.2) is 0 Å². The lowest BCUT2D eigenvalue weighted by Gasteiger charge is -2.23. The molecule has 0 heterocycles. The predicted molar refractivity (Wildman–Crippen MR) is 79.3 cm³/mol. The first-order valence-electron chi connectivity index (χ1n) is 8.02.